The lowest BCUT2D eigenvalue weighted by molar-refractivity contribution is -0.114. The summed E-state index contributed by atoms with van der Waals surface area (Å²) in [7, 11) is 3.97. The number of aryl methyl sites for hydroxylation is 1. The minimum Gasteiger partial charge on any atom is -0.326 e. The minimum atomic E-state index is -0.104. The average molecular weight is 425 g/mol. The van der Waals surface area contributed by atoms with Crippen molar-refractivity contribution in [2.45, 2.75) is 19.9 Å². The standard InChI is InChI=1S/C23H28N4O2S/c1-16(28)24-18-7-4-6-17(14-18)21-20(15-27-10-5-9-25(2)12-13-27)30-19-8-11-26(3)23(29)22(19)21/h4,6-8,11,14H,5,9-10,12-13,15H2,1-3H3,(H,24,28). The molecule has 1 aliphatic heterocycles. The highest BCUT2D eigenvalue weighted by Gasteiger charge is 2.21. The first-order chi connectivity index (χ1) is 14.4. The third-order valence-electron chi connectivity index (χ3n) is 5.64. The first kappa shape index (κ1) is 20.8. The normalized spacial score (nSPS) is 16.0. The van der Waals surface area contributed by atoms with Crippen molar-refractivity contribution in [2.75, 3.05) is 38.5 Å². The number of likely N-dealkylation sites (N-methyl/N-ethyl adjacent to an activating group) is 1. The maximum atomic E-state index is 13.1. The number of hydrogen-bond donors (Lipinski definition) is 1. The van der Waals surface area contributed by atoms with Crippen molar-refractivity contribution in [3.05, 3.63) is 51.8 Å². The minimum absolute atomic E-state index is 0.0190. The van der Waals surface area contributed by atoms with Crippen LogP contribution in [0.1, 0.15) is 18.2 Å². The van der Waals surface area contributed by atoms with Crippen LogP contribution < -0.4 is 10.9 Å². The SMILES string of the molecule is CC(=O)Nc1cccc(-c2c(CN3CCCN(C)CC3)sc3ccn(C)c(=O)c23)c1. The number of carbonyl (C=O) groups is 1. The fraction of sp³-hybridized carbons (Fsp3) is 0.391. The van der Waals surface area contributed by atoms with E-state index in [2.05, 4.69) is 22.2 Å². The van der Waals surface area contributed by atoms with Gasteiger partial charge in [0.25, 0.3) is 5.56 Å². The molecule has 0 spiro atoms. The summed E-state index contributed by atoms with van der Waals surface area (Å²) in [6.07, 6.45) is 2.99. The molecule has 1 fully saturated rings. The maximum Gasteiger partial charge on any atom is 0.259 e. The zero-order valence-electron chi connectivity index (χ0n) is 17.8. The number of carbonyl (C=O) groups excluding carboxylic acids is 1. The molecule has 0 aliphatic carbocycles. The van der Waals surface area contributed by atoms with Crippen LogP contribution in [-0.2, 0) is 18.4 Å². The molecular formula is C23H28N4O2S. The summed E-state index contributed by atoms with van der Waals surface area (Å²) in [5.74, 6) is -0.104. The topological polar surface area (TPSA) is 57.6 Å². The lowest BCUT2D eigenvalue weighted by Crippen LogP contribution is -2.28. The van der Waals surface area contributed by atoms with Crippen LogP contribution in [0.3, 0.4) is 0 Å². The molecule has 0 unspecified atom stereocenters. The molecule has 1 amide bonds. The van der Waals surface area contributed by atoms with Gasteiger partial charge in [-0.05, 0) is 50.3 Å². The Balaban J connectivity index is 1.82. The summed E-state index contributed by atoms with van der Waals surface area (Å²) in [6, 6.07) is 9.83. The average Bonchev–Trinajstić information content (AvgIpc) is 2.94. The molecule has 158 valence electrons. The lowest BCUT2D eigenvalue weighted by atomic mass is 10.0. The molecule has 0 saturated carbocycles. The molecule has 1 aliphatic rings. The number of rotatable bonds is 4. The first-order valence-corrected chi connectivity index (χ1v) is 11.1. The number of benzene rings is 1. The molecule has 0 bridgehead atoms. The third kappa shape index (κ3) is 4.33. The molecule has 30 heavy (non-hydrogen) atoms. The molecule has 3 heterocycles. The highest BCUT2D eigenvalue weighted by atomic mass is 32.1. The summed E-state index contributed by atoms with van der Waals surface area (Å²) >= 11 is 1.71. The second-order valence-corrected chi connectivity index (χ2v) is 9.20. The van der Waals surface area contributed by atoms with Gasteiger partial charge in [0.2, 0.25) is 5.91 Å². The molecule has 0 radical (unpaired) electrons. The van der Waals surface area contributed by atoms with Gasteiger partial charge < -0.3 is 14.8 Å². The predicted molar refractivity (Wildman–Crippen MR) is 124 cm³/mol. The van der Waals surface area contributed by atoms with Gasteiger partial charge in [-0.15, -0.1) is 11.3 Å². The van der Waals surface area contributed by atoms with E-state index in [0.29, 0.717) is 0 Å². The Labute approximate surface area is 180 Å². The molecule has 2 aromatic heterocycles. The highest BCUT2D eigenvalue weighted by Crippen LogP contribution is 2.38. The predicted octanol–water partition coefficient (Wildman–Crippen LogP) is 3.36. The molecule has 7 heteroatoms. The molecule has 4 rings (SSSR count). The van der Waals surface area contributed by atoms with E-state index in [9.17, 15) is 9.59 Å². The summed E-state index contributed by atoms with van der Waals surface area (Å²) in [5, 5.41) is 3.63. The largest absolute Gasteiger partial charge is 0.326 e. The Morgan fingerprint density at radius 2 is 1.97 bits per heavy atom. The van der Waals surface area contributed by atoms with Crippen LogP contribution in [0.4, 0.5) is 5.69 Å². The van der Waals surface area contributed by atoms with Gasteiger partial charge >= 0.3 is 0 Å². The fourth-order valence-electron chi connectivity index (χ4n) is 4.08. The monoisotopic (exact) mass is 424 g/mol. The van der Waals surface area contributed by atoms with Crippen LogP contribution >= 0.6 is 11.3 Å². The molecule has 1 saturated heterocycles. The number of hydrogen-bond acceptors (Lipinski definition) is 5. The van der Waals surface area contributed by atoms with Gasteiger partial charge in [0.1, 0.15) is 0 Å². The number of pyridine rings is 1. The van der Waals surface area contributed by atoms with Gasteiger partial charge in [-0.3, -0.25) is 14.5 Å². The number of aromatic nitrogens is 1. The van der Waals surface area contributed by atoms with Crippen LogP contribution in [0.25, 0.3) is 21.2 Å². The Kier molecular flexibility index (Phi) is 6.04. The second kappa shape index (κ2) is 8.71. The Hall–Kier alpha value is -2.48. The van der Waals surface area contributed by atoms with E-state index in [0.717, 1.165) is 66.0 Å². The van der Waals surface area contributed by atoms with Crippen molar-refractivity contribution in [1.29, 1.82) is 0 Å². The Morgan fingerprint density at radius 3 is 2.77 bits per heavy atom. The van der Waals surface area contributed by atoms with Crippen LogP contribution in [-0.4, -0.2) is 53.5 Å². The quantitative estimate of drug-likeness (QED) is 0.698. The summed E-state index contributed by atoms with van der Waals surface area (Å²) < 4.78 is 2.65. The highest BCUT2D eigenvalue weighted by molar-refractivity contribution is 7.19. The number of thiophene rings is 1. The van der Waals surface area contributed by atoms with Gasteiger partial charge in [-0.1, -0.05) is 12.1 Å². The van der Waals surface area contributed by atoms with E-state index in [-0.39, 0.29) is 11.5 Å². The molecule has 0 atom stereocenters. The number of amides is 1. The second-order valence-electron chi connectivity index (χ2n) is 8.07. The van der Waals surface area contributed by atoms with E-state index in [1.807, 2.05) is 36.5 Å². The fourth-order valence-corrected chi connectivity index (χ4v) is 5.34. The van der Waals surface area contributed by atoms with E-state index in [4.69, 9.17) is 0 Å². The molecule has 3 aromatic rings. The van der Waals surface area contributed by atoms with Gasteiger partial charge in [-0.2, -0.15) is 0 Å². The summed E-state index contributed by atoms with van der Waals surface area (Å²) in [5.41, 5.74) is 2.73. The van der Waals surface area contributed by atoms with Crippen molar-refractivity contribution >= 4 is 33.0 Å². The van der Waals surface area contributed by atoms with Gasteiger partial charge in [0.15, 0.2) is 0 Å². The van der Waals surface area contributed by atoms with Crippen LogP contribution in [0.5, 0.6) is 0 Å². The smallest absolute Gasteiger partial charge is 0.259 e. The van der Waals surface area contributed by atoms with Gasteiger partial charge in [0, 0.05) is 60.6 Å². The molecular weight excluding hydrogens is 396 g/mol. The summed E-state index contributed by atoms with van der Waals surface area (Å²) in [6.45, 7) is 6.59. The maximum absolute atomic E-state index is 13.1. The van der Waals surface area contributed by atoms with E-state index in [1.54, 1.807) is 23.0 Å². The number of fused-ring (bicyclic) bond motifs is 1. The van der Waals surface area contributed by atoms with E-state index in [1.165, 1.54) is 11.8 Å². The zero-order chi connectivity index (χ0) is 21.3. The van der Waals surface area contributed by atoms with Crippen molar-refractivity contribution in [1.82, 2.24) is 14.4 Å². The zero-order valence-corrected chi connectivity index (χ0v) is 18.6. The lowest BCUT2D eigenvalue weighted by Gasteiger charge is -2.20. The molecule has 1 N–H and O–H groups in total. The van der Waals surface area contributed by atoms with E-state index < -0.39 is 0 Å². The Bertz CT molecular complexity index is 1130. The first-order valence-electron chi connectivity index (χ1n) is 10.3. The number of anilines is 1. The number of nitrogens with one attached hydrogen (secondary N) is 1. The van der Waals surface area contributed by atoms with Crippen LogP contribution in [0.15, 0.2) is 41.3 Å². The van der Waals surface area contributed by atoms with Crippen molar-refractivity contribution in [3.63, 3.8) is 0 Å². The molecule has 1 aromatic carbocycles. The van der Waals surface area contributed by atoms with Crippen molar-refractivity contribution < 1.29 is 4.79 Å². The Morgan fingerprint density at radius 1 is 1.13 bits per heavy atom. The molecule has 6 nitrogen and oxygen atoms in total. The van der Waals surface area contributed by atoms with Gasteiger partial charge in [-0.25, -0.2) is 0 Å². The summed E-state index contributed by atoms with van der Waals surface area (Å²) in [4.78, 5) is 30.7. The van der Waals surface area contributed by atoms with Crippen LogP contribution in [0.2, 0.25) is 0 Å². The van der Waals surface area contributed by atoms with Crippen molar-refractivity contribution in [2.24, 2.45) is 7.05 Å². The van der Waals surface area contributed by atoms with E-state index >= 15 is 0 Å². The van der Waals surface area contributed by atoms with Gasteiger partial charge in [0.05, 0.1) is 5.39 Å². The van der Waals surface area contributed by atoms with Crippen LogP contribution in [0, 0.1) is 0 Å². The third-order valence-corrected chi connectivity index (χ3v) is 6.78. The van der Waals surface area contributed by atoms with Crippen molar-refractivity contribution in [3.8, 4) is 11.1 Å². The number of nitrogens with zero attached hydrogens (tertiary/aromatic N) is 3.